The van der Waals surface area contributed by atoms with E-state index in [-0.39, 0.29) is 11.4 Å². The molecule has 0 radical (unpaired) electrons. The highest BCUT2D eigenvalue weighted by Gasteiger charge is 2.15. The molecule has 1 aromatic carbocycles. The minimum Gasteiger partial charge on any atom is -0.392 e. The van der Waals surface area contributed by atoms with Crippen molar-refractivity contribution in [1.82, 2.24) is 5.32 Å². The summed E-state index contributed by atoms with van der Waals surface area (Å²) in [5.41, 5.74) is 1.31. The highest BCUT2D eigenvalue weighted by atomic mass is 32.2. The molecule has 3 heteroatoms. The normalized spacial score (nSPS) is 16.5. The molecule has 0 saturated carbocycles. The summed E-state index contributed by atoms with van der Waals surface area (Å²) in [6.45, 7) is 9.16. The molecule has 0 spiro atoms. The molecule has 0 heterocycles. The number of hydrogen-bond acceptors (Lipinski definition) is 3. The van der Waals surface area contributed by atoms with E-state index in [1.54, 1.807) is 11.8 Å². The lowest BCUT2D eigenvalue weighted by Gasteiger charge is -2.20. The summed E-state index contributed by atoms with van der Waals surface area (Å²) in [6.07, 6.45) is -0.289. The third-order valence-corrected chi connectivity index (χ3v) is 4.28. The molecule has 0 amide bonds. The summed E-state index contributed by atoms with van der Waals surface area (Å²) < 4.78 is 0. The lowest BCUT2D eigenvalue weighted by atomic mass is 10.1. The summed E-state index contributed by atoms with van der Waals surface area (Å²) >= 11 is 1.74. The first-order valence-electron chi connectivity index (χ1n) is 6.23. The van der Waals surface area contributed by atoms with Gasteiger partial charge in [0.05, 0.1) is 6.10 Å². The Morgan fingerprint density at radius 1 is 1.24 bits per heavy atom. The van der Waals surface area contributed by atoms with Crippen molar-refractivity contribution < 1.29 is 5.11 Å². The first-order valence-corrected chi connectivity index (χ1v) is 7.11. The topological polar surface area (TPSA) is 32.3 Å². The average molecular weight is 253 g/mol. The summed E-state index contributed by atoms with van der Waals surface area (Å²) in [5, 5.41) is 13.2. The Kier molecular flexibility index (Phi) is 6.03. The van der Waals surface area contributed by atoms with Crippen molar-refractivity contribution in [2.75, 3.05) is 6.54 Å². The van der Waals surface area contributed by atoms with E-state index in [1.165, 1.54) is 10.5 Å². The zero-order valence-corrected chi connectivity index (χ0v) is 11.9. The van der Waals surface area contributed by atoms with Crippen LogP contribution in [-0.2, 0) is 0 Å². The molecule has 0 saturated heterocycles. The highest BCUT2D eigenvalue weighted by Crippen LogP contribution is 2.31. The number of hydrogen-bond donors (Lipinski definition) is 2. The molecule has 0 aromatic heterocycles. The third-order valence-electron chi connectivity index (χ3n) is 2.89. The molecular weight excluding hydrogens is 230 g/mol. The minimum atomic E-state index is -0.289. The smallest absolute Gasteiger partial charge is 0.0631 e. The van der Waals surface area contributed by atoms with E-state index < -0.39 is 0 Å². The van der Waals surface area contributed by atoms with Gasteiger partial charge in [-0.2, -0.15) is 0 Å². The molecule has 2 N–H and O–H groups in total. The Balaban J connectivity index is 2.84. The van der Waals surface area contributed by atoms with Gasteiger partial charge in [0.2, 0.25) is 0 Å². The van der Waals surface area contributed by atoms with Gasteiger partial charge in [-0.1, -0.05) is 32.0 Å². The largest absolute Gasteiger partial charge is 0.392 e. The summed E-state index contributed by atoms with van der Waals surface area (Å²) in [6, 6.07) is 8.77. The van der Waals surface area contributed by atoms with Crippen molar-refractivity contribution in [1.29, 1.82) is 0 Å². The molecule has 3 atom stereocenters. The van der Waals surface area contributed by atoms with E-state index in [1.807, 2.05) is 6.92 Å². The predicted octanol–water partition coefficient (Wildman–Crippen LogP) is 3.22. The van der Waals surface area contributed by atoms with E-state index in [0.29, 0.717) is 6.04 Å². The molecule has 1 rings (SSSR count). The van der Waals surface area contributed by atoms with Crippen LogP contribution in [0.5, 0.6) is 0 Å². The van der Waals surface area contributed by atoms with Crippen LogP contribution in [0.1, 0.15) is 39.3 Å². The van der Waals surface area contributed by atoms with E-state index in [0.717, 1.165) is 6.54 Å². The molecule has 1 aromatic rings. The summed E-state index contributed by atoms with van der Waals surface area (Å²) in [5.74, 6) is 0. The van der Waals surface area contributed by atoms with Gasteiger partial charge in [0, 0.05) is 16.2 Å². The molecule has 0 bridgehead atoms. The SMILES string of the molecule is CCNC(C)c1ccccc1SC(C)C(C)O. The molecule has 17 heavy (non-hydrogen) atoms. The molecule has 2 nitrogen and oxygen atoms in total. The molecular formula is C14H23NOS. The Labute approximate surface area is 109 Å². The Bertz CT molecular complexity index is 341. The second-order valence-corrected chi connectivity index (χ2v) is 5.80. The van der Waals surface area contributed by atoms with Crippen LogP contribution in [0.15, 0.2) is 29.2 Å². The Hall–Kier alpha value is -0.510. The van der Waals surface area contributed by atoms with Crippen molar-refractivity contribution in [2.24, 2.45) is 0 Å². The maximum atomic E-state index is 9.58. The van der Waals surface area contributed by atoms with Crippen molar-refractivity contribution in [3.63, 3.8) is 0 Å². The zero-order chi connectivity index (χ0) is 12.8. The van der Waals surface area contributed by atoms with Gasteiger partial charge >= 0.3 is 0 Å². The van der Waals surface area contributed by atoms with Crippen LogP contribution in [0.25, 0.3) is 0 Å². The zero-order valence-electron chi connectivity index (χ0n) is 11.1. The monoisotopic (exact) mass is 253 g/mol. The van der Waals surface area contributed by atoms with Crippen molar-refractivity contribution in [3.05, 3.63) is 29.8 Å². The third kappa shape index (κ3) is 4.34. The van der Waals surface area contributed by atoms with Crippen LogP contribution < -0.4 is 5.32 Å². The fraction of sp³-hybridized carbons (Fsp3) is 0.571. The van der Waals surface area contributed by atoms with Gasteiger partial charge in [-0.05, 0) is 32.0 Å². The second-order valence-electron chi connectivity index (χ2n) is 4.38. The number of aliphatic hydroxyl groups excluding tert-OH is 1. The van der Waals surface area contributed by atoms with Crippen LogP contribution in [0.3, 0.4) is 0 Å². The van der Waals surface area contributed by atoms with Crippen LogP contribution in [0.4, 0.5) is 0 Å². The number of thioether (sulfide) groups is 1. The first kappa shape index (κ1) is 14.6. The fourth-order valence-corrected chi connectivity index (χ4v) is 2.80. The van der Waals surface area contributed by atoms with Gasteiger partial charge in [0.25, 0.3) is 0 Å². The van der Waals surface area contributed by atoms with Gasteiger partial charge in [-0.3, -0.25) is 0 Å². The lowest BCUT2D eigenvalue weighted by molar-refractivity contribution is 0.196. The Morgan fingerprint density at radius 2 is 1.88 bits per heavy atom. The lowest BCUT2D eigenvalue weighted by Crippen LogP contribution is -2.19. The highest BCUT2D eigenvalue weighted by molar-refractivity contribution is 8.00. The molecule has 0 aliphatic carbocycles. The average Bonchev–Trinajstić information content (AvgIpc) is 2.29. The molecule has 0 aliphatic rings. The van der Waals surface area contributed by atoms with Gasteiger partial charge in [0.15, 0.2) is 0 Å². The summed E-state index contributed by atoms with van der Waals surface area (Å²) in [7, 11) is 0. The van der Waals surface area contributed by atoms with Gasteiger partial charge < -0.3 is 10.4 Å². The van der Waals surface area contributed by atoms with Gasteiger partial charge in [-0.15, -0.1) is 11.8 Å². The van der Waals surface area contributed by atoms with Crippen LogP contribution in [0.2, 0.25) is 0 Å². The van der Waals surface area contributed by atoms with Crippen molar-refractivity contribution in [3.8, 4) is 0 Å². The first-order chi connectivity index (χ1) is 8.06. The quantitative estimate of drug-likeness (QED) is 0.764. The van der Waals surface area contributed by atoms with Gasteiger partial charge in [-0.25, -0.2) is 0 Å². The predicted molar refractivity (Wildman–Crippen MR) is 75.5 cm³/mol. The molecule has 0 fully saturated rings. The standard InChI is InChI=1S/C14H23NOS/c1-5-15-10(2)13-8-6-7-9-14(13)17-12(4)11(3)16/h6-12,15-16H,5H2,1-4H3. The van der Waals surface area contributed by atoms with Gasteiger partial charge in [0.1, 0.15) is 0 Å². The minimum absolute atomic E-state index is 0.213. The number of aliphatic hydroxyl groups is 1. The van der Waals surface area contributed by atoms with E-state index >= 15 is 0 Å². The van der Waals surface area contributed by atoms with E-state index in [9.17, 15) is 5.11 Å². The maximum absolute atomic E-state index is 9.58. The van der Waals surface area contributed by atoms with E-state index in [2.05, 4.69) is 50.4 Å². The van der Waals surface area contributed by atoms with Crippen LogP contribution in [0, 0.1) is 0 Å². The van der Waals surface area contributed by atoms with Crippen LogP contribution >= 0.6 is 11.8 Å². The van der Waals surface area contributed by atoms with Crippen molar-refractivity contribution >= 4 is 11.8 Å². The Morgan fingerprint density at radius 3 is 2.47 bits per heavy atom. The number of rotatable bonds is 6. The van der Waals surface area contributed by atoms with E-state index in [4.69, 9.17) is 0 Å². The number of benzene rings is 1. The van der Waals surface area contributed by atoms with Crippen molar-refractivity contribution in [2.45, 2.75) is 50.0 Å². The maximum Gasteiger partial charge on any atom is 0.0631 e. The second kappa shape index (κ2) is 7.04. The van der Waals surface area contributed by atoms with Crippen LogP contribution in [-0.4, -0.2) is 23.0 Å². The summed E-state index contributed by atoms with van der Waals surface area (Å²) in [4.78, 5) is 1.26. The molecule has 0 aliphatic heterocycles. The molecule has 96 valence electrons. The molecule has 3 unspecified atom stereocenters. The number of nitrogens with one attached hydrogen (secondary N) is 1. The fourth-order valence-electron chi connectivity index (χ4n) is 1.66.